The molecular weight excluding hydrogens is 789 g/mol. The molecular formula is C43H44N8O8S. The van der Waals surface area contributed by atoms with E-state index >= 15 is 0 Å². The first kappa shape index (κ1) is 39.2. The molecule has 0 bridgehead atoms. The van der Waals surface area contributed by atoms with Crippen LogP contribution in [-0.2, 0) is 24.4 Å². The summed E-state index contributed by atoms with van der Waals surface area (Å²) in [5, 5.41) is 5.95. The number of hydrogen-bond donors (Lipinski definition) is 3. The van der Waals surface area contributed by atoms with Gasteiger partial charge in [-0.1, -0.05) is 55.3 Å². The van der Waals surface area contributed by atoms with E-state index in [-0.39, 0.29) is 37.4 Å². The summed E-state index contributed by atoms with van der Waals surface area (Å²) in [5.41, 5.74) is 1.24. The van der Waals surface area contributed by atoms with Crippen molar-refractivity contribution in [3.63, 3.8) is 0 Å². The number of nitrogens with zero attached hydrogens (tertiary/aromatic N) is 5. The number of benzene rings is 2. The first-order valence-corrected chi connectivity index (χ1v) is 21.9. The second kappa shape index (κ2) is 15.7. The van der Waals surface area contributed by atoms with Crippen molar-refractivity contribution in [1.29, 1.82) is 0 Å². The fraction of sp³-hybridized carbons (Fsp3) is 0.395. The summed E-state index contributed by atoms with van der Waals surface area (Å²) in [7, 11) is -3.93. The summed E-state index contributed by atoms with van der Waals surface area (Å²) in [6.45, 7) is 1.66. The van der Waals surface area contributed by atoms with Crippen molar-refractivity contribution in [2.75, 3.05) is 6.54 Å². The lowest BCUT2D eigenvalue weighted by molar-refractivity contribution is -0.141. The third kappa shape index (κ3) is 7.92. The molecule has 4 aliphatic rings. The number of aryl methyl sites for hydroxylation is 1. The predicted molar refractivity (Wildman–Crippen MR) is 219 cm³/mol. The summed E-state index contributed by atoms with van der Waals surface area (Å²) in [5.74, 6) is -2.50. The van der Waals surface area contributed by atoms with Gasteiger partial charge in [-0.15, -0.1) is 0 Å². The summed E-state index contributed by atoms with van der Waals surface area (Å²) in [6.07, 6.45) is 9.94. The Bertz CT molecular complexity index is 2610. The van der Waals surface area contributed by atoms with Gasteiger partial charge in [-0.3, -0.25) is 28.9 Å². The first-order valence-electron chi connectivity index (χ1n) is 20.3. The molecule has 2 aliphatic carbocycles. The Hall–Kier alpha value is -6.23. The number of carbonyl (C=O) groups excluding carboxylic acids is 4. The largest absolute Gasteiger partial charge is 0.471 e. The normalized spacial score (nSPS) is 25.3. The van der Waals surface area contributed by atoms with Crippen molar-refractivity contribution >= 4 is 55.7 Å². The zero-order valence-electron chi connectivity index (χ0n) is 32.9. The van der Waals surface area contributed by atoms with Gasteiger partial charge in [0.05, 0.1) is 34.7 Å². The van der Waals surface area contributed by atoms with E-state index in [9.17, 15) is 27.6 Å². The molecule has 17 heteroatoms. The minimum atomic E-state index is -3.93. The molecule has 60 heavy (non-hydrogen) atoms. The Morgan fingerprint density at radius 1 is 0.967 bits per heavy atom. The second-order valence-electron chi connectivity index (χ2n) is 16.1. The average Bonchev–Trinajstić information content (AvgIpc) is 4.13. The SMILES string of the molecule is Cc1cnc(C(=O)N[C@H]2CCCCC/C=C\[C@@H]3C[C@@]3(C(=O)NS(=O)(=O)C3CC3)NC(=O)[C@@H]3C[C@@H](Oc4nc5ccccc5nc4-c4cc5ccccc5o4)CN3C2=O)cn1. The van der Waals surface area contributed by atoms with Crippen LogP contribution in [0.25, 0.3) is 33.5 Å². The summed E-state index contributed by atoms with van der Waals surface area (Å²) < 4.78 is 40.9. The molecule has 2 aromatic carbocycles. The van der Waals surface area contributed by atoms with Crippen molar-refractivity contribution in [2.24, 2.45) is 5.92 Å². The Morgan fingerprint density at radius 2 is 1.75 bits per heavy atom. The number of aromatic nitrogens is 4. The lowest BCUT2D eigenvalue weighted by Gasteiger charge is -2.29. The molecule has 0 spiro atoms. The van der Waals surface area contributed by atoms with Crippen LogP contribution in [0.15, 0.2) is 83.6 Å². The van der Waals surface area contributed by atoms with Crippen LogP contribution in [0.4, 0.5) is 0 Å². The lowest BCUT2D eigenvalue weighted by Crippen LogP contribution is -2.58. The number of hydrogen-bond acceptors (Lipinski definition) is 12. The van der Waals surface area contributed by atoms with E-state index < -0.39 is 68.5 Å². The number of para-hydroxylation sites is 3. The third-order valence-electron chi connectivity index (χ3n) is 11.6. The molecule has 3 aromatic heterocycles. The minimum Gasteiger partial charge on any atom is -0.471 e. The number of nitrogens with one attached hydrogen (secondary N) is 3. The van der Waals surface area contributed by atoms with Crippen molar-refractivity contribution in [3.05, 3.63) is 90.5 Å². The molecule has 1 saturated heterocycles. The maximum absolute atomic E-state index is 14.8. The Kier molecular flexibility index (Phi) is 10.3. The molecule has 5 aromatic rings. The van der Waals surface area contributed by atoms with Crippen LogP contribution in [0.2, 0.25) is 0 Å². The molecule has 9 rings (SSSR count). The topological polar surface area (TPSA) is 216 Å². The van der Waals surface area contributed by atoms with Gasteiger partial charge in [0.15, 0.2) is 11.5 Å². The molecule has 2 saturated carbocycles. The highest BCUT2D eigenvalue weighted by Crippen LogP contribution is 2.46. The maximum Gasteiger partial charge on any atom is 0.272 e. The Balaban J connectivity index is 1.06. The van der Waals surface area contributed by atoms with Crippen LogP contribution in [-0.4, -0.2) is 92.4 Å². The summed E-state index contributed by atoms with van der Waals surface area (Å²) >= 11 is 0. The lowest BCUT2D eigenvalue weighted by atomic mass is 10.0. The molecule has 0 radical (unpaired) electrons. The van der Waals surface area contributed by atoms with Crippen molar-refractivity contribution in [2.45, 2.75) is 93.7 Å². The van der Waals surface area contributed by atoms with E-state index in [1.807, 2.05) is 60.7 Å². The van der Waals surface area contributed by atoms with Crippen LogP contribution in [0.5, 0.6) is 5.88 Å². The molecule has 0 unspecified atom stereocenters. The van der Waals surface area contributed by atoms with Gasteiger partial charge in [0.1, 0.15) is 35.0 Å². The molecule has 16 nitrogen and oxygen atoms in total. The zero-order chi connectivity index (χ0) is 41.6. The highest BCUT2D eigenvalue weighted by molar-refractivity contribution is 7.91. The number of rotatable bonds is 8. The van der Waals surface area contributed by atoms with Gasteiger partial charge in [-0.25, -0.2) is 23.4 Å². The van der Waals surface area contributed by atoms with Gasteiger partial charge in [0, 0.05) is 23.9 Å². The van der Waals surface area contributed by atoms with Crippen molar-refractivity contribution in [1.82, 2.24) is 40.2 Å². The fourth-order valence-electron chi connectivity index (χ4n) is 8.07. The Labute approximate surface area is 345 Å². The highest BCUT2D eigenvalue weighted by Gasteiger charge is 2.62. The highest BCUT2D eigenvalue weighted by atomic mass is 32.2. The number of ether oxygens (including phenoxy) is 1. The molecule has 310 valence electrons. The van der Waals surface area contributed by atoms with E-state index in [1.54, 1.807) is 13.0 Å². The van der Waals surface area contributed by atoms with Gasteiger partial charge in [0.2, 0.25) is 27.7 Å². The number of allylic oxidation sites excluding steroid dienone is 1. The van der Waals surface area contributed by atoms with E-state index in [1.165, 1.54) is 17.3 Å². The van der Waals surface area contributed by atoms with E-state index in [2.05, 4.69) is 25.3 Å². The van der Waals surface area contributed by atoms with Gasteiger partial charge in [-0.2, -0.15) is 0 Å². The van der Waals surface area contributed by atoms with E-state index in [0.29, 0.717) is 59.4 Å². The molecule has 3 fully saturated rings. The number of furan rings is 1. The quantitative estimate of drug-likeness (QED) is 0.187. The smallest absolute Gasteiger partial charge is 0.272 e. The van der Waals surface area contributed by atoms with Crippen molar-refractivity contribution in [3.8, 4) is 17.3 Å². The summed E-state index contributed by atoms with van der Waals surface area (Å²) in [6, 6.07) is 14.4. The number of sulfonamides is 1. The Morgan fingerprint density at radius 3 is 2.52 bits per heavy atom. The second-order valence-corrected chi connectivity index (χ2v) is 18.0. The molecule has 5 heterocycles. The average molecular weight is 833 g/mol. The van der Waals surface area contributed by atoms with Crippen LogP contribution >= 0.6 is 0 Å². The molecule has 2 aliphatic heterocycles. The van der Waals surface area contributed by atoms with E-state index in [4.69, 9.17) is 19.1 Å². The third-order valence-corrected chi connectivity index (χ3v) is 13.5. The van der Waals surface area contributed by atoms with Crippen LogP contribution < -0.4 is 20.1 Å². The molecule has 4 amide bonds. The molecule has 5 atom stereocenters. The van der Waals surface area contributed by atoms with Crippen LogP contribution in [0.1, 0.15) is 74.0 Å². The number of carbonyl (C=O) groups is 4. The maximum atomic E-state index is 14.8. The van der Waals surface area contributed by atoms with Crippen LogP contribution in [0.3, 0.4) is 0 Å². The number of fused-ring (bicyclic) bond motifs is 4. The summed E-state index contributed by atoms with van der Waals surface area (Å²) in [4.78, 5) is 76.2. The van der Waals surface area contributed by atoms with Gasteiger partial charge in [0.25, 0.3) is 11.8 Å². The van der Waals surface area contributed by atoms with Gasteiger partial charge in [-0.05, 0) is 69.7 Å². The predicted octanol–water partition coefficient (Wildman–Crippen LogP) is 4.29. The minimum absolute atomic E-state index is 0.0195. The monoisotopic (exact) mass is 832 g/mol. The van der Waals surface area contributed by atoms with Gasteiger partial charge >= 0.3 is 0 Å². The first-order chi connectivity index (χ1) is 29.0. The zero-order valence-corrected chi connectivity index (χ0v) is 33.7. The van der Waals surface area contributed by atoms with E-state index in [0.717, 1.165) is 18.2 Å². The van der Waals surface area contributed by atoms with Crippen LogP contribution in [0, 0.1) is 12.8 Å². The standard InChI is InChI=1S/C43H44N8O8S/c1-25-22-45-33(23-44-25)38(52)47-32-15-6-4-2-3-5-12-27-21-43(27,42(55)50-60(56,57)29-17-18-29)49-39(53)34-20-28(24-51(34)41(32)54)58-40-37(46-30-13-8-9-14-31(30)48-40)36-19-26-11-7-10-16-35(26)59-36/h5,7-14,16,19,22-23,27-29,32,34H,2-4,6,15,17-18,20-21,24H2,1H3,(H,47,52)(H,49,53)(H,50,55)/b12-5-/t27-,28-,32+,34+,43-/m1/s1. The molecule has 3 N–H and O–H groups in total. The number of amides is 4. The van der Waals surface area contributed by atoms with Crippen molar-refractivity contribution < 1.29 is 36.7 Å². The van der Waals surface area contributed by atoms with Gasteiger partial charge < -0.3 is 24.7 Å². The fourth-order valence-corrected chi connectivity index (χ4v) is 9.44.